The van der Waals surface area contributed by atoms with Gasteiger partial charge in [-0.3, -0.25) is 14.4 Å². The van der Waals surface area contributed by atoms with E-state index in [1.165, 1.54) is 11.3 Å². The number of Topliss-reactive ketones (excluding diaryl/α,β-unsaturated/α-hetero) is 1. The highest BCUT2D eigenvalue weighted by atomic mass is 32.1. The summed E-state index contributed by atoms with van der Waals surface area (Å²) in [7, 11) is 0. The van der Waals surface area contributed by atoms with E-state index in [0.29, 0.717) is 16.1 Å². The number of carbonyl (C=O) groups is 3. The smallest absolute Gasteiger partial charge is 0.283 e. The number of carbonyl (C=O) groups excluding carboxylic acids is 3. The van der Waals surface area contributed by atoms with Crippen LogP contribution in [0, 0.1) is 0 Å². The Morgan fingerprint density at radius 1 is 1.19 bits per heavy atom. The van der Waals surface area contributed by atoms with Gasteiger partial charge < -0.3 is 0 Å². The lowest BCUT2D eigenvalue weighted by Gasteiger charge is -2.14. The Morgan fingerprint density at radius 2 is 1.95 bits per heavy atom. The largest absolute Gasteiger partial charge is 0.306 e. The van der Waals surface area contributed by atoms with E-state index in [0.717, 1.165) is 10.5 Å². The second kappa shape index (κ2) is 4.93. The molecule has 2 heterocycles. The fourth-order valence-corrected chi connectivity index (χ4v) is 2.98. The summed E-state index contributed by atoms with van der Waals surface area (Å²) in [5.41, 5.74) is 1.67. The first-order chi connectivity index (χ1) is 10.0. The topological polar surface area (TPSA) is 54.5 Å². The van der Waals surface area contributed by atoms with Crippen LogP contribution in [0.5, 0.6) is 0 Å². The monoisotopic (exact) mass is 299 g/mol. The SMILES string of the molecule is CC(C)c1ccc2c(c1)C(=O)C(=O)N2C(=O)c1cccs1. The van der Waals surface area contributed by atoms with Crippen LogP contribution in [0.25, 0.3) is 0 Å². The number of fused-ring (bicyclic) bond motifs is 1. The summed E-state index contributed by atoms with van der Waals surface area (Å²) in [5, 5.41) is 1.76. The fraction of sp³-hybridized carbons (Fsp3) is 0.188. The van der Waals surface area contributed by atoms with Crippen LogP contribution in [0.1, 0.15) is 45.4 Å². The quantitative estimate of drug-likeness (QED) is 0.632. The number of hydrogen-bond acceptors (Lipinski definition) is 4. The molecule has 0 atom stereocenters. The summed E-state index contributed by atoms with van der Waals surface area (Å²) in [6.45, 7) is 4.02. The van der Waals surface area contributed by atoms with Gasteiger partial charge in [0.2, 0.25) is 0 Å². The maximum atomic E-state index is 12.4. The molecule has 1 aliphatic heterocycles. The lowest BCUT2D eigenvalue weighted by atomic mass is 9.99. The highest BCUT2D eigenvalue weighted by molar-refractivity contribution is 7.12. The Labute approximate surface area is 126 Å². The van der Waals surface area contributed by atoms with E-state index >= 15 is 0 Å². The van der Waals surface area contributed by atoms with Crippen molar-refractivity contribution in [1.82, 2.24) is 0 Å². The standard InChI is InChI=1S/C16H13NO3S/c1-9(2)10-5-6-12-11(8-10)14(18)16(20)17(12)15(19)13-4-3-7-21-13/h3-9H,1-2H3. The highest BCUT2D eigenvalue weighted by Gasteiger charge is 2.40. The van der Waals surface area contributed by atoms with Crippen LogP contribution in [-0.2, 0) is 4.79 Å². The van der Waals surface area contributed by atoms with Crippen molar-refractivity contribution in [3.63, 3.8) is 0 Å². The van der Waals surface area contributed by atoms with Gasteiger partial charge in [0.1, 0.15) is 0 Å². The number of nitrogens with zero attached hydrogens (tertiary/aromatic N) is 1. The van der Waals surface area contributed by atoms with Crippen molar-refractivity contribution >= 4 is 34.6 Å². The Hall–Kier alpha value is -2.27. The summed E-state index contributed by atoms with van der Waals surface area (Å²) in [6.07, 6.45) is 0. The zero-order valence-electron chi connectivity index (χ0n) is 11.6. The Kier molecular flexibility index (Phi) is 3.22. The van der Waals surface area contributed by atoms with Gasteiger partial charge in [0, 0.05) is 0 Å². The first kappa shape index (κ1) is 13.7. The van der Waals surface area contributed by atoms with Gasteiger partial charge >= 0.3 is 5.91 Å². The molecule has 0 saturated heterocycles. The van der Waals surface area contributed by atoms with Crippen LogP contribution in [0.4, 0.5) is 5.69 Å². The second-order valence-corrected chi connectivity index (χ2v) is 6.13. The molecule has 21 heavy (non-hydrogen) atoms. The third-order valence-corrected chi connectivity index (χ3v) is 4.36. The van der Waals surface area contributed by atoms with Gasteiger partial charge in [-0.15, -0.1) is 11.3 Å². The molecule has 1 aliphatic rings. The molecule has 3 rings (SSSR count). The zero-order chi connectivity index (χ0) is 15.1. The summed E-state index contributed by atoms with van der Waals surface area (Å²) in [5.74, 6) is -1.58. The van der Waals surface area contributed by atoms with Crippen LogP contribution < -0.4 is 4.90 Å². The molecule has 2 amide bonds. The fourth-order valence-electron chi connectivity index (χ4n) is 2.33. The molecule has 5 heteroatoms. The minimum absolute atomic E-state index is 0.250. The number of amides is 2. The predicted molar refractivity (Wildman–Crippen MR) is 81.0 cm³/mol. The van der Waals surface area contributed by atoms with Crippen LogP contribution in [0.3, 0.4) is 0 Å². The van der Waals surface area contributed by atoms with Gasteiger partial charge in [0.15, 0.2) is 0 Å². The van der Waals surface area contributed by atoms with Gasteiger partial charge in [-0.1, -0.05) is 26.0 Å². The minimum Gasteiger partial charge on any atom is -0.283 e. The molecule has 0 aliphatic carbocycles. The number of benzene rings is 1. The molecule has 1 aromatic heterocycles. The maximum Gasteiger partial charge on any atom is 0.306 e. The molecule has 0 bridgehead atoms. The van der Waals surface area contributed by atoms with Crippen molar-refractivity contribution in [2.75, 3.05) is 4.90 Å². The minimum atomic E-state index is -0.774. The Bertz CT molecular complexity index is 747. The van der Waals surface area contributed by atoms with Crippen LogP contribution in [0.15, 0.2) is 35.7 Å². The van der Waals surface area contributed by atoms with Crippen molar-refractivity contribution in [2.24, 2.45) is 0 Å². The average molecular weight is 299 g/mol. The lowest BCUT2D eigenvalue weighted by molar-refractivity contribution is -0.113. The van der Waals surface area contributed by atoms with E-state index in [-0.39, 0.29) is 5.92 Å². The number of rotatable bonds is 2. The van der Waals surface area contributed by atoms with E-state index < -0.39 is 17.6 Å². The third kappa shape index (κ3) is 2.10. The van der Waals surface area contributed by atoms with Gasteiger partial charge in [-0.05, 0) is 35.1 Å². The number of imide groups is 1. The van der Waals surface area contributed by atoms with Crippen LogP contribution in [0.2, 0.25) is 0 Å². The zero-order valence-corrected chi connectivity index (χ0v) is 12.4. The summed E-state index contributed by atoms with van der Waals surface area (Å²) in [4.78, 5) is 38.1. The van der Waals surface area contributed by atoms with Crippen LogP contribution >= 0.6 is 11.3 Å². The van der Waals surface area contributed by atoms with Crippen molar-refractivity contribution in [3.8, 4) is 0 Å². The first-order valence-electron chi connectivity index (χ1n) is 6.61. The molecule has 2 aromatic rings. The molecule has 0 unspecified atom stereocenters. The molecule has 0 saturated carbocycles. The Morgan fingerprint density at radius 3 is 2.57 bits per heavy atom. The number of ketones is 1. The third-order valence-electron chi connectivity index (χ3n) is 3.51. The first-order valence-corrected chi connectivity index (χ1v) is 7.49. The predicted octanol–water partition coefficient (Wildman–Crippen LogP) is 3.24. The molecule has 0 radical (unpaired) electrons. The van der Waals surface area contributed by atoms with E-state index in [9.17, 15) is 14.4 Å². The summed E-state index contributed by atoms with van der Waals surface area (Å²) >= 11 is 1.25. The van der Waals surface area contributed by atoms with Gasteiger partial charge in [-0.25, -0.2) is 4.90 Å². The van der Waals surface area contributed by atoms with E-state index in [4.69, 9.17) is 0 Å². The normalized spacial score (nSPS) is 14.0. The number of hydrogen-bond donors (Lipinski definition) is 0. The average Bonchev–Trinajstić information content (AvgIpc) is 3.07. The molecule has 0 fully saturated rings. The van der Waals surface area contributed by atoms with Gasteiger partial charge in [-0.2, -0.15) is 0 Å². The molecule has 0 spiro atoms. The molecule has 106 valence electrons. The molecule has 0 N–H and O–H groups in total. The highest BCUT2D eigenvalue weighted by Crippen LogP contribution is 2.33. The van der Waals surface area contributed by atoms with Crippen molar-refractivity contribution in [1.29, 1.82) is 0 Å². The summed E-state index contributed by atoms with van der Waals surface area (Å²) in [6, 6.07) is 8.62. The maximum absolute atomic E-state index is 12.4. The number of thiophene rings is 1. The molecular weight excluding hydrogens is 286 g/mol. The van der Waals surface area contributed by atoms with Crippen molar-refractivity contribution < 1.29 is 14.4 Å². The summed E-state index contributed by atoms with van der Waals surface area (Å²) < 4.78 is 0. The van der Waals surface area contributed by atoms with Gasteiger partial charge in [0.25, 0.3) is 11.7 Å². The van der Waals surface area contributed by atoms with Gasteiger partial charge in [0.05, 0.1) is 16.1 Å². The molecule has 4 nitrogen and oxygen atoms in total. The Balaban J connectivity index is 2.08. The van der Waals surface area contributed by atoms with E-state index in [2.05, 4.69) is 0 Å². The molecular formula is C16H13NO3S. The second-order valence-electron chi connectivity index (χ2n) is 5.18. The van der Waals surface area contributed by atoms with E-state index in [1.54, 1.807) is 29.6 Å². The van der Waals surface area contributed by atoms with Crippen LogP contribution in [-0.4, -0.2) is 17.6 Å². The van der Waals surface area contributed by atoms with Crippen molar-refractivity contribution in [2.45, 2.75) is 19.8 Å². The lowest BCUT2D eigenvalue weighted by Crippen LogP contribution is -2.35. The van der Waals surface area contributed by atoms with Crippen molar-refractivity contribution in [3.05, 3.63) is 51.7 Å². The number of anilines is 1. The van der Waals surface area contributed by atoms with E-state index in [1.807, 2.05) is 19.9 Å². The molecule has 1 aromatic carbocycles.